The summed E-state index contributed by atoms with van der Waals surface area (Å²) >= 11 is 0. The maximum atomic E-state index is 13.8. The number of benzene rings is 2. The number of hydrogen-bond acceptors (Lipinski definition) is 6. The van der Waals surface area contributed by atoms with Crippen LogP contribution < -0.4 is 19.1 Å². The zero-order valence-electron chi connectivity index (χ0n) is 23.4. The standard InChI is InChI=1S/C32H44N2O5/c1-36-30-23-29(39-31-11-5-8-21-38-31)15-12-26(30)24-34(32(35)25-9-3-2-4-10-25)27-13-16-28(17-14-27)37-22-20-33-18-6-7-19-33/h12-17,23,25,31H,2-11,18-22,24H2,1H3. The number of anilines is 1. The molecule has 1 atom stereocenters. The molecule has 0 radical (unpaired) electrons. The molecule has 2 saturated heterocycles. The molecule has 212 valence electrons. The normalized spacial score (nSPS) is 20.5. The Morgan fingerprint density at radius 1 is 0.923 bits per heavy atom. The van der Waals surface area contributed by atoms with Gasteiger partial charge in [-0.1, -0.05) is 19.3 Å². The molecule has 39 heavy (non-hydrogen) atoms. The van der Waals surface area contributed by atoms with Gasteiger partial charge in [0.1, 0.15) is 23.9 Å². The minimum atomic E-state index is -0.213. The van der Waals surface area contributed by atoms with Crippen molar-refractivity contribution in [2.24, 2.45) is 5.92 Å². The Kier molecular flexibility index (Phi) is 10.00. The van der Waals surface area contributed by atoms with Crippen molar-refractivity contribution >= 4 is 11.6 Å². The van der Waals surface area contributed by atoms with E-state index in [4.69, 9.17) is 18.9 Å². The summed E-state index contributed by atoms with van der Waals surface area (Å²) in [6.45, 7) is 5.16. The Bertz CT molecular complexity index is 1040. The van der Waals surface area contributed by atoms with Gasteiger partial charge in [0, 0.05) is 36.2 Å². The fraction of sp³-hybridized carbons (Fsp3) is 0.594. The fourth-order valence-electron chi connectivity index (χ4n) is 5.94. The first-order chi connectivity index (χ1) is 19.2. The van der Waals surface area contributed by atoms with E-state index in [0.717, 1.165) is 80.8 Å². The molecule has 1 amide bonds. The Balaban J connectivity index is 1.29. The second kappa shape index (κ2) is 14.0. The van der Waals surface area contributed by atoms with E-state index in [2.05, 4.69) is 4.90 Å². The van der Waals surface area contributed by atoms with Gasteiger partial charge < -0.3 is 23.8 Å². The molecule has 7 nitrogen and oxygen atoms in total. The molecule has 3 fully saturated rings. The SMILES string of the molecule is COc1cc(OC2CCCCO2)ccc1CN(C(=O)C1CCCCC1)c1ccc(OCCN2CCCC2)cc1. The van der Waals surface area contributed by atoms with Gasteiger partial charge in [-0.05, 0) is 88.0 Å². The van der Waals surface area contributed by atoms with Crippen molar-refractivity contribution in [2.45, 2.75) is 77.0 Å². The van der Waals surface area contributed by atoms with Crippen molar-refractivity contribution in [1.29, 1.82) is 0 Å². The minimum Gasteiger partial charge on any atom is -0.496 e. The number of nitrogens with zero attached hydrogens (tertiary/aromatic N) is 2. The third-order valence-electron chi connectivity index (χ3n) is 8.24. The molecular weight excluding hydrogens is 492 g/mol. The smallest absolute Gasteiger partial charge is 0.230 e. The van der Waals surface area contributed by atoms with Crippen LogP contribution in [0, 0.1) is 5.92 Å². The van der Waals surface area contributed by atoms with Gasteiger partial charge in [0.2, 0.25) is 5.91 Å². The van der Waals surface area contributed by atoms with Crippen LogP contribution in [0.1, 0.15) is 69.8 Å². The predicted octanol–water partition coefficient (Wildman–Crippen LogP) is 6.19. The Labute approximate surface area is 233 Å². The number of likely N-dealkylation sites (tertiary alicyclic amines) is 1. The summed E-state index contributed by atoms with van der Waals surface area (Å²) in [6, 6.07) is 13.9. The van der Waals surface area contributed by atoms with Crippen LogP contribution in [-0.2, 0) is 16.1 Å². The summed E-state index contributed by atoms with van der Waals surface area (Å²) in [5, 5.41) is 0. The average Bonchev–Trinajstić information content (AvgIpc) is 3.51. The summed E-state index contributed by atoms with van der Waals surface area (Å²) in [6.07, 6.45) is 10.8. The highest BCUT2D eigenvalue weighted by atomic mass is 16.7. The van der Waals surface area contributed by atoms with Gasteiger partial charge in [0.05, 0.1) is 20.3 Å². The van der Waals surface area contributed by atoms with Gasteiger partial charge in [0.25, 0.3) is 0 Å². The number of rotatable bonds is 11. The van der Waals surface area contributed by atoms with Crippen LogP contribution in [0.25, 0.3) is 0 Å². The highest BCUT2D eigenvalue weighted by Crippen LogP contribution is 2.33. The zero-order chi connectivity index (χ0) is 26.9. The van der Waals surface area contributed by atoms with Crippen LogP contribution in [0.5, 0.6) is 17.2 Å². The lowest BCUT2D eigenvalue weighted by atomic mass is 9.88. The van der Waals surface area contributed by atoms with E-state index >= 15 is 0 Å². The quantitative estimate of drug-likeness (QED) is 0.341. The molecule has 1 unspecified atom stereocenters. The van der Waals surface area contributed by atoms with Crippen molar-refractivity contribution in [2.75, 3.05) is 44.9 Å². The minimum absolute atomic E-state index is 0.0622. The van der Waals surface area contributed by atoms with Gasteiger partial charge in [-0.25, -0.2) is 0 Å². The maximum absolute atomic E-state index is 13.8. The van der Waals surface area contributed by atoms with E-state index in [0.29, 0.717) is 18.9 Å². The average molecular weight is 537 g/mol. The Morgan fingerprint density at radius 3 is 2.38 bits per heavy atom. The lowest BCUT2D eigenvalue weighted by Crippen LogP contribution is -2.36. The number of amides is 1. The first-order valence-corrected chi connectivity index (χ1v) is 14.9. The van der Waals surface area contributed by atoms with Crippen LogP contribution in [0.4, 0.5) is 5.69 Å². The second-order valence-corrected chi connectivity index (χ2v) is 11.0. The predicted molar refractivity (Wildman–Crippen MR) is 153 cm³/mol. The van der Waals surface area contributed by atoms with Crippen LogP contribution in [0.15, 0.2) is 42.5 Å². The number of carbonyl (C=O) groups is 1. The maximum Gasteiger partial charge on any atom is 0.230 e. The van der Waals surface area contributed by atoms with Crippen LogP contribution in [-0.4, -0.2) is 57.1 Å². The number of ether oxygens (including phenoxy) is 4. The monoisotopic (exact) mass is 536 g/mol. The molecule has 2 heterocycles. The van der Waals surface area contributed by atoms with E-state index in [1.54, 1.807) is 7.11 Å². The van der Waals surface area contributed by atoms with E-state index in [1.807, 2.05) is 47.4 Å². The molecule has 5 rings (SSSR count). The molecule has 7 heteroatoms. The summed E-state index contributed by atoms with van der Waals surface area (Å²) in [4.78, 5) is 18.2. The number of carbonyl (C=O) groups excluding carboxylic acids is 1. The van der Waals surface area contributed by atoms with Gasteiger partial charge in [0.15, 0.2) is 6.29 Å². The molecule has 0 bridgehead atoms. The van der Waals surface area contributed by atoms with Crippen molar-refractivity contribution in [3.05, 3.63) is 48.0 Å². The molecule has 0 aromatic heterocycles. The van der Waals surface area contributed by atoms with Crippen LogP contribution >= 0.6 is 0 Å². The van der Waals surface area contributed by atoms with Crippen LogP contribution in [0.3, 0.4) is 0 Å². The lowest BCUT2D eigenvalue weighted by Gasteiger charge is -2.30. The molecule has 2 aromatic rings. The molecule has 2 aromatic carbocycles. The molecule has 0 spiro atoms. The van der Waals surface area contributed by atoms with Crippen LogP contribution in [0.2, 0.25) is 0 Å². The molecule has 1 saturated carbocycles. The molecular formula is C32H44N2O5. The Hall–Kier alpha value is -2.77. The molecule has 1 aliphatic carbocycles. The third kappa shape index (κ3) is 7.67. The topological polar surface area (TPSA) is 60.5 Å². The van der Waals surface area contributed by atoms with Crippen molar-refractivity contribution in [1.82, 2.24) is 4.90 Å². The zero-order valence-corrected chi connectivity index (χ0v) is 23.4. The van der Waals surface area contributed by atoms with Crippen molar-refractivity contribution in [3.8, 4) is 17.2 Å². The summed E-state index contributed by atoms with van der Waals surface area (Å²) in [5.74, 6) is 2.53. The fourth-order valence-corrected chi connectivity index (χ4v) is 5.94. The van der Waals surface area contributed by atoms with E-state index < -0.39 is 0 Å². The van der Waals surface area contributed by atoms with E-state index in [-0.39, 0.29) is 18.1 Å². The van der Waals surface area contributed by atoms with Crippen molar-refractivity contribution < 1.29 is 23.7 Å². The highest BCUT2D eigenvalue weighted by Gasteiger charge is 2.28. The number of methoxy groups -OCH3 is 1. The first-order valence-electron chi connectivity index (χ1n) is 14.9. The summed E-state index contributed by atoms with van der Waals surface area (Å²) < 4.78 is 23.6. The van der Waals surface area contributed by atoms with Gasteiger partial charge in [-0.2, -0.15) is 0 Å². The third-order valence-corrected chi connectivity index (χ3v) is 8.24. The Morgan fingerprint density at radius 2 is 1.67 bits per heavy atom. The van der Waals surface area contributed by atoms with E-state index in [1.165, 1.54) is 32.4 Å². The summed E-state index contributed by atoms with van der Waals surface area (Å²) in [7, 11) is 1.67. The molecule has 2 aliphatic heterocycles. The van der Waals surface area contributed by atoms with Gasteiger partial charge >= 0.3 is 0 Å². The molecule has 3 aliphatic rings. The van der Waals surface area contributed by atoms with Gasteiger partial charge in [-0.15, -0.1) is 0 Å². The summed E-state index contributed by atoms with van der Waals surface area (Å²) in [5.41, 5.74) is 1.83. The van der Waals surface area contributed by atoms with E-state index in [9.17, 15) is 4.79 Å². The van der Waals surface area contributed by atoms with Crippen molar-refractivity contribution in [3.63, 3.8) is 0 Å². The lowest BCUT2D eigenvalue weighted by molar-refractivity contribution is -0.123. The van der Waals surface area contributed by atoms with Gasteiger partial charge in [-0.3, -0.25) is 9.69 Å². The highest BCUT2D eigenvalue weighted by molar-refractivity contribution is 5.95. The number of hydrogen-bond donors (Lipinski definition) is 0. The second-order valence-electron chi connectivity index (χ2n) is 11.0. The molecule has 0 N–H and O–H groups in total. The largest absolute Gasteiger partial charge is 0.496 e. The first kappa shape index (κ1) is 27.8.